The fraction of sp³-hybridized carbons (Fsp3) is 0.200. The van der Waals surface area contributed by atoms with Crippen LogP contribution in [0.5, 0.6) is 5.75 Å². The fourth-order valence-electron chi connectivity index (χ4n) is 0.824. The largest absolute Gasteiger partial charge is 2.00 e. The van der Waals surface area contributed by atoms with Crippen LogP contribution in [-0.4, -0.2) is 35.3 Å². The Kier molecular flexibility index (Phi) is 13.9. The Morgan fingerprint density at radius 2 is 2.00 bits per heavy atom. The molecule has 2 radical (unpaired) electrons. The molecule has 0 amide bonds. The Labute approximate surface area is 143 Å². The SMILES string of the molecule is C.C.NC([S-])=N/N=C/c1cc(Cl)cc(Br)c1[O-].[Sn+2]. The van der Waals surface area contributed by atoms with Gasteiger partial charge in [0, 0.05) is 9.50 Å². The maximum atomic E-state index is 11.5. The molecule has 1 aromatic rings. The Morgan fingerprint density at radius 1 is 1.44 bits per heavy atom. The average molecular weight is 457 g/mol. The van der Waals surface area contributed by atoms with Gasteiger partial charge in [-0.3, -0.25) is 0 Å². The normalized spacial score (nSPS) is 10.2. The Hall–Kier alpha value is -0.0513. The van der Waals surface area contributed by atoms with E-state index in [1.54, 1.807) is 0 Å². The van der Waals surface area contributed by atoms with E-state index in [0.717, 1.165) is 0 Å². The summed E-state index contributed by atoms with van der Waals surface area (Å²) in [5, 5.41) is 18.8. The first-order valence-corrected chi connectivity index (χ1v) is 5.28. The molecular formula is C10H13BrClN3OSSn. The predicted octanol–water partition coefficient (Wildman–Crippen LogP) is 2.26. The van der Waals surface area contributed by atoms with Crippen molar-refractivity contribution in [2.24, 2.45) is 15.9 Å². The van der Waals surface area contributed by atoms with Crippen LogP contribution in [0.15, 0.2) is 26.8 Å². The number of nitrogens with zero attached hydrogens (tertiary/aromatic N) is 2. The third-order valence-electron chi connectivity index (χ3n) is 1.39. The van der Waals surface area contributed by atoms with Crippen LogP contribution in [-0.2, 0) is 12.6 Å². The fourth-order valence-corrected chi connectivity index (χ4v) is 1.71. The second kappa shape index (κ2) is 10.8. The number of amidine groups is 1. The topological polar surface area (TPSA) is 73.8 Å². The smallest absolute Gasteiger partial charge is 0.871 e. The summed E-state index contributed by atoms with van der Waals surface area (Å²) in [7, 11) is 0. The van der Waals surface area contributed by atoms with Crippen molar-refractivity contribution in [3.05, 3.63) is 27.2 Å². The summed E-state index contributed by atoms with van der Waals surface area (Å²) >= 11 is 13.3. The van der Waals surface area contributed by atoms with Crippen molar-refractivity contribution in [1.82, 2.24) is 0 Å². The van der Waals surface area contributed by atoms with Crippen LogP contribution in [0.3, 0.4) is 0 Å². The van der Waals surface area contributed by atoms with E-state index in [4.69, 9.17) is 17.3 Å². The zero-order valence-corrected chi connectivity index (χ0v) is 13.8. The van der Waals surface area contributed by atoms with Gasteiger partial charge in [0.05, 0.1) is 6.21 Å². The van der Waals surface area contributed by atoms with Crippen LogP contribution in [0.4, 0.5) is 0 Å². The van der Waals surface area contributed by atoms with Crippen molar-refractivity contribution < 1.29 is 5.11 Å². The minimum absolute atomic E-state index is 0. The van der Waals surface area contributed by atoms with E-state index in [-0.39, 0.29) is 49.7 Å². The van der Waals surface area contributed by atoms with Crippen LogP contribution in [0, 0.1) is 0 Å². The summed E-state index contributed by atoms with van der Waals surface area (Å²) in [5.41, 5.74) is 5.41. The molecule has 0 heterocycles. The predicted molar refractivity (Wildman–Crippen MR) is 84.4 cm³/mol. The first-order chi connectivity index (χ1) is 7.00. The van der Waals surface area contributed by atoms with Crippen LogP contribution in [0.1, 0.15) is 20.4 Å². The van der Waals surface area contributed by atoms with E-state index in [0.29, 0.717) is 15.1 Å². The van der Waals surface area contributed by atoms with Crippen molar-refractivity contribution in [3.8, 4) is 5.75 Å². The molecule has 0 aliphatic carbocycles. The Balaban J connectivity index is -0.000000750. The maximum absolute atomic E-state index is 11.5. The minimum atomic E-state index is -0.221. The van der Waals surface area contributed by atoms with E-state index >= 15 is 0 Å². The molecule has 1 aromatic carbocycles. The molecule has 0 aliphatic heterocycles. The number of hydrogen-bond acceptors (Lipinski definition) is 4. The molecule has 0 aliphatic rings. The molecule has 0 spiro atoms. The summed E-state index contributed by atoms with van der Waals surface area (Å²) < 4.78 is 0.367. The molecule has 0 aromatic heterocycles. The Bertz CT molecular complexity index is 439. The summed E-state index contributed by atoms with van der Waals surface area (Å²) in [6, 6.07) is 2.99. The zero-order chi connectivity index (χ0) is 11.4. The standard InChI is InChI=1S/C8H7BrClN3OS.2CH4.Sn/c9-6-2-5(10)1-4(7(6)14)3-12-13-8(11)15;;;/h1-3,14H,(H3,11,13,15);2*1H4;/q;;;+2/p-2/b12-3+;;;. The number of halogens is 2. The molecule has 0 fully saturated rings. The van der Waals surface area contributed by atoms with Gasteiger partial charge in [0.1, 0.15) is 0 Å². The van der Waals surface area contributed by atoms with Crippen molar-refractivity contribution in [3.63, 3.8) is 0 Å². The Morgan fingerprint density at radius 3 is 2.50 bits per heavy atom. The molecule has 98 valence electrons. The van der Waals surface area contributed by atoms with Crippen molar-refractivity contribution in [1.29, 1.82) is 0 Å². The van der Waals surface area contributed by atoms with E-state index in [1.807, 2.05) is 0 Å². The van der Waals surface area contributed by atoms with Crippen molar-refractivity contribution >= 4 is 75.4 Å². The van der Waals surface area contributed by atoms with Crippen LogP contribution < -0.4 is 10.8 Å². The third-order valence-corrected chi connectivity index (χ3v) is 2.28. The van der Waals surface area contributed by atoms with Gasteiger partial charge in [-0.05, 0) is 22.9 Å². The van der Waals surface area contributed by atoms with Crippen molar-refractivity contribution in [2.75, 3.05) is 0 Å². The first kappa shape index (κ1) is 23.1. The molecule has 0 saturated carbocycles. The van der Waals surface area contributed by atoms with E-state index < -0.39 is 0 Å². The third kappa shape index (κ3) is 7.40. The van der Waals surface area contributed by atoms with Gasteiger partial charge in [-0.1, -0.05) is 48.1 Å². The molecule has 0 saturated heterocycles. The zero-order valence-electron chi connectivity index (χ0n) is 7.78. The second-order valence-electron chi connectivity index (χ2n) is 2.49. The summed E-state index contributed by atoms with van der Waals surface area (Å²) in [6.07, 6.45) is 1.25. The first-order valence-electron chi connectivity index (χ1n) is 3.70. The number of nitrogens with two attached hydrogens (primary N) is 1. The monoisotopic (exact) mass is 457 g/mol. The van der Waals surface area contributed by atoms with Gasteiger partial charge in [0.25, 0.3) is 0 Å². The molecule has 0 atom stereocenters. The van der Waals surface area contributed by atoms with Gasteiger partial charge in [0.15, 0.2) is 0 Å². The molecular weight excluding hydrogens is 444 g/mol. The molecule has 8 heteroatoms. The summed E-state index contributed by atoms with van der Waals surface area (Å²) in [4.78, 5) is 0. The van der Waals surface area contributed by atoms with Crippen LogP contribution >= 0.6 is 27.5 Å². The molecule has 0 bridgehead atoms. The van der Waals surface area contributed by atoms with E-state index in [2.05, 4.69) is 38.8 Å². The van der Waals surface area contributed by atoms with Gasteiger partial charge in [-0.15, -0.1) is 0 Å². The van der Waals surface area contributed by atoms with Crippen LogP contribution in [0.2, 0.25) is 5.02 Å². The summed E-state index contributed by atoms with van der Waals surface area (Å²) in [6.45, 7) is 0. The molecule has 1 rings (SSSR count). The number of hydrogen-bond donors (Lipinski definition) is 1. The van der Waals surface area contributed by atoms with E-state index in [9.17, 15) is 5.11 Å². The van der Waals surface area contributed by atoms with E-state index in [1.165, 1.54) is 18.3 Å². The molecule has 4 nitrogen and oxygen atoms in total. The minimum Gasteiger partial charge on any atom is -0.871 e. The van der Waals surface area contributed by atoms with Gasteiger partial charge in [-0.2, -0.15) is 10.2 Å². The maximum Gasteiger partial charge on any atom is 2.00 e. The average Bonchev–Trinajstić information content (AvgIpc) is 2.12. The van der Waals surface area contributed by atoms with Gasteiger partial charge >= 0.3 is 23.9 Å². The number of benzene rings is 1. The van der Waals surface area contributed by atoms with Crippen molar-refractivity contribution in [2.45, 2.75) is 14.9 Å². The molecule has 18 heavy (non-hydrogen) atoms. The second-order valence-corrected chi connectivity index (χ2v) is 4.20. The quantitative estimate of drug-likeness (QED) is 0.244. The number of rotatable bonds is 2. The molecule has 0 unspecified atom stereocenters. The van der Waals surface area contributed by atoms with Crippen LogP contribution in [0.25, 0.3) is 0 Å². The molecule has 2 N–H and O–H groups in total. The van der Waals surface area contributed by atoms with Gasteiger partial charge < -0.3 is 23.5 Å². The summed E-state index contributed by atoms with van der Waals surface area (Å²) in [5.74, 6) is -0.221. The van der Waals surface area contributed by atoms with Gasteiger partial charge in [0.2, 0.25) is 0 Å². The van der Waals surface area contributed by atoms with Gasteiger partial charge in [-0.25, -0.2) is 0 Å².